The van der Waals surface area contributed by atoms with Crippen molar-refractivity contribution < 1.29 is 19.8 Å². The highest BCUT2D eigenvalue weighted by Crippen LogP contribution is 2.21. The molecule has 0 fully saturated rings. The van der Waals surface area contributed by atoms with Crippen molar-refractivity contribution in [3.63, 3.8) is 0 Å². The van der Waals surface area contributed by atoms with Gasteiger partial charge in [-0.3, -0.25) is 4.79 Å². The fourth-order valence-corrected chi connectivity index (χ4v) is 2.24. The number of carboxylic acids is 1. The van der Waals surface area contributed by atoms with Gasteiger partial charge in [-0.1, -0.05) is 23.7 Å². The van der Waals surface area contributed by atoms with Gasteiger partial charge in [-0.25, -0.2) is 4.79 Å². The normalized spacial score (nSPS) is 10.3. The van der Waals surface area contributed by atoms with Gasteiger partial charge < -0.3 is 15.5 Å². The van der Waals surface area contributed by atoms with E-state index in [1.54, 1.807) is 12.1 Å². The first kappa shape index (κ1) is 16.8. The molecule has 23 heavy (non-hydrogen) atoms. The number of aromatic carboxylic acids is 1. The van der Waals surface area contributed by atoms with Crippen LogP contribution >= 0.6 is 11.6 Å². The molecule has 6 heteroatoms. The molecular weight excluding hydrogens is 318 g/mol. The first-order valence-corrected chi connectivity index (χ1v) is 7.44. The molecule has 2 rings (SSSR count). The molecule has 0 heterocycles. The minimum atomic E-state index is -1.25. The van der Waals surface area contributed by atoms with Gasteiger partial charge in [0.25, 0.3) is 0 Å². The number of aryl methyl sites for hydroxylation is 1. The number of carbonyl (C=O) groups is 2. The molecule has 0 atom stereocenters. The number of hydrogen-bond donors (Lipinski definition) is 3. The molecule has 0 aliphatic carbocycles. The molecule has 0 radical (unpaired) electrons. The Morgan fingerprint density at radius 3 is 2.43 bits per heavy atom. The highest BCUT2D eigenvalue weighted by Gasteiger charge is 2.11. The van der Waals surface area contributed by atoms with Crippen LogP contribution in [0.3, 0.4) is 0 Å². The van der Waals surface area contributed by atoms with E-state index in [4.69, 9.17) is 16.7 Å². The number of carboxylic acid groups (broad SMARTS) is 1. The van der Waals surface area contributed by atoms with E-state index in [1.165, 1.54) is 18.2 Å². The van der Waals surface area contributed by atoms with Crippen LogP contribution in [0.1, 0.15) is 28.8 Å². The number of amides is 1. The number of phenols is 1. The average molecular weight is 334 g/mol. The van der Waals surface area contributed by atoms with Gasteiger partial charge in [0.1, 0.15) is 11.3 Å². The number of anilines is 1. The molecule has 1 amide bonds. The average Bonchev–Trinajstić information content (AvgIpc) is 2.51. The van der Waals surface area contributed by atoms with Crippen LogP contribution in [0.2, 0.25) is 5.02 Å². The second-order valence-electron chi connectivity index (χ2n) is 5.07. The second-order valence-corrected chi connectivity index (χ2v) is 5.50. The lowest BCUT2D eigenvalue weighted by molar-refractivity contribution is -0.116. The lowest BCUT2D eigenvalue weighted by Crippen LogP contribution is -2.12. The molecule has 0 unspecified atom stereocenters. The van der Waals surface area contributed by atoms with E-state index in [1.807, 2.05) is 12.1 Å². The molecule has 120 valence electrons. The molecular formula is C17H16ClNO4. The van der Waals surface area contributed by atoms with Crippen molar-refractivity contribution in [2.24, 2.45) is 0 Å². The maximum Gasteiger partial charge on any atom is 0.339 e. The van der Waals surface area contributed by atoms with Crippen molar-refractivity contribution in [1.82, 2.24) is 0 Å². The summed E-state index contributed by atoms with van der Waals surface area (Å²) < 4.78 is 0. The van der Waals surface area contributed by atoms with Crippen molar-refractivity contribution in [3.05, 3.63) is 58.6 Å². The zero-order valence-corrected chi connectivity index (χ0v) is 13.0. The molecule has 2 aromatic carbocycles. The zero-order chi connectivity index (χ0) is 16.8. The summed E-state index contributed by atoms with van der Waals surface area (Å²) in [6, 6.07) is 11.4. The summed E-state index contributed by atoms with van der Waals surface area (Å²) in [4.78, 5) is 22.8. The summed E-state index contributed by atoms with van der Waals surface area (Å²) in [7, 11) is 0. The number of aromatic hydroxyl groups is 1. The highest BCUT2D eigenvalue weighted by molar-refractivity contribution is 6.30. The van der Waals surface area contributed by atoms with Crippen LogP contribution in [0.25, 0.3) is 0 Å². The van der Waals surface area contributed by atoms with Gasteiger partial charge in [0.2, 0.25) is 5.91 Å². The Hall–Kier alpha value is -2.53. The second kappa shape index (κ2) is 7.65. The van der Waals surface area contributed by atoms with Crippen molar-refractivity contribution in [2.75, 3.05) is 5.32 Å². The van der Waals surface area contributed by atoms with Gasteiger partial charge in [-0.2, -0.15) is 0 Å². The number of carbonyl (C=O) groups excluding carboxylic acids is 1. The Balaban J connectivity index is 1.86. The Morgan fingerprint density at radius 2 is 1.78 bits per heavy atom. The van der Waals surface area contributed by atoms with E-state index in [9.17, 15) is 14.7 Å². The first-order chi connectivity index (χ1) is 11.0. The quantitative estimate of drug-likeness (QED) is 0.703. The number of nitrogens with one attached hydrogen (secondary N) is 1. The summed E-state index contributed by atoms with van der Waals surface area (Å²) in [5.41, 5.74) is 1.20. The molecule has 0 saturated carbocycles. The molecule has 0 aromatic heterocycles. The number of rotatable bonds is 6. The third-order valence-electron chi connectivity index (χ3n) is 3.29. The van der Waals surface area contributed by atoms with Crippen LogP contribution in [0.4, 0.5) is 5.69 Å². The van der Waals surface area contributed by atoms with Gasteiger partial charge >= 0.3 is 5.97 Å². The molecule has 0 saturated heterocycles. The predicted molar refractivity (Wildman–Crippen MR) is 88.1 cm³/mol. The predicted octanol–water partition coefficient (Wildman–Crippen LogP) is 3.71. The summed E-state index contributed by atoms with van der Waals surface area (Å²) in [5.74, 6) is -1.79. The monoisotopic (exact) mass is 333 g/mol. The number of benzene rings is 2. The van der Waals surface area contributed by atoms with Crippen molar-refractivity contribution in [1.29, 1.82) is 0 Å². The Kier molecular flexibility index (Phi) is 5.60. The van der Waals surface area contributed by atoms with E-state index in [0.717, 1.165) is 12.0 Å². The topological polar surface area (TPSA) is 86.6 Å². The van der Waals surface area contributed by atoms with Crippen LogP contribution < -0.4 is 5.32 Å². The molecule has 3 N–H and O–H groups in total. The van der Waals surface area contributed by atoms with Gasteiger partial charge in [-0.05, 0) is 48.7 Å². The maximum atomic E-state index is 11.9. The molecule has 0 aliphatic rings. The smallest absolute Gasteiger partial charge is 0.339 e. The third-order valence-corrected chi connectivity index (χ3v) is 3.55. The van der Waals surface area contributed by atoms with Gasteiger partial charge in [-0.15, -0.1) is 0 Å². The zero-order valence-electron chi connectivity index (χ0n) is 12.3. The molecule has 5 nitrogen and oxygen atoms in total. The minimum Gasteiger partial charge on any atom is -0.507 e. The number of halogens is 1. The van der Waals surface area contributed by atoms with Crippen LogP contribution in [-0.2, 0) is 11.2 Å². The van der Waals surface area contributed by atoms with Crippen LogP contribution in [0.5, 0.6) is 5.75 Å². The highest BCUT2D eigenvalue weighted by atomic mass is 35.5. The van der Waals surface area contributed by atoms with Crippen LogP contribution in [0, 0.1) is 0 Å². The molecule has 0 spiro atoms. The summed E-state index contributed by atoms with van der Waals surface area (Å²) in [6.07, 6.45) is 1.73. The third kappa shape index (κ3) is 5.00. The molecule has 2 aromatic rings. The SMILES string of the molecule is O=C(CCCc1ccc(Cl)cc1)Nc1ccc(O)c(C(=O)O)c1. The van der Waals surface area contributed by atoms with E-state index in [2.05, 4.69) is 5.32 Å². The van der Waals surface area contributed by atoms with Crippen LogP contribution in [0.15, 0.2) is 42.5 Å². The summed E-state index contributed by atoms with van der Waals surface area (Å²) in [6.45, 7) is 0. The minimum absolute atomic E-state index is 0.207. The van der Waals surface area contributed by atoms with Crippen molar-refractivity contribution >= 4 is 29.2 Å². The standard InChI is InChI=1S/C17H16ClNO4/c18-12-6-4-11(5-7-12)2-1-3-16(21)19-13-8-9-15(20)14(10-13)17(22)23/h4-10,20H,1-3H2,(H,19,21)(H,22,23). The van der Waals surface area contributed by atoms with Crippen LogP contribution in [-0.4, -0.2) is 22.1 Å². The summed E-state index contributed by atoms with van der Waals surface area (Å²) >= 11 is 5.81. The Morgan fingerprint density at radius 1 is 1.09 bits per heavy atom. The van der Waals surface area contributed by atoms with Gasteiger partial charge in [0.05, 0.1) is 0 Å². The van der Waals surface area contributed by atoms with Crippen molar-refractivity contribution in [3.8, 4) is 5.75 Å². The lowest BCUT2D eigenvalue weighted by atomic mass is 10.1. The van der Waals surface area contributed by atoms with E-state index < -0.39 is 5.97 Å². The van der Waals surface area contributed by atoms with Gasteiger partial charge in [0.15, 0.2) is 0 Å². The van der Waals surface area contributed by atoms with E-state index in [0.29, 0.717) is 23.6 Å². The maximum absolute atomic E-state index is 11.9. The lowest BCUT2D eigenvalue weighted by Gasteiger charge is -2.07. The van der Waals surface area contributed by atoms with Crippen molar-refractivity contribution in [2.45, 2.75) is 19.3 Å². The largest absolute Gasteiger partial charge is 0.507 e. The molecule has 0 bridgehead atoms. The van der Waals surface area contributed by atoms with E-state index >= 15 is 0 Å². The summed E-state index contributed by atoms with van der Waals surface area (Å²) in [5, 5.41) is 21.7. The molecule has 0 aliphatic heterocycles. The Labute approximate surface area is 138 Å². The van der Waals surface area contributed by atoms with E-state index in [-0.39, 0.29) is 17.2 Å². The van der Waals surface area contributed by atoms with Gasteiger partial charge in [0, 0.05) is 17.1 Å². The fourth-order valence-electron chi connectivity index (χ4n) is 2.11. The Bertz CT molecular complexity index is 713. The fraction of sp³-hybridized carbons (Fsp3) is 0.176. The first-order valence-electron chi connectivity index (χ1n) is 7.06. The number of hydrogen-bond acceptors (Lipinski definition) is 3.